The average Bonchev–Trinajstić information content (AvgIpc) is 2.61. The Balaban J connectivity index is 1.66. The second-order valence-electron chi connectivity index (χ2n) is 6.05. The molecule has 1 aliphatic rings. The van der Waals surface area contributed by atoms with Gasteiger partial charge < -0.3 is 20.4 Å². The number of rotatable bonds is 7. The van der Waals surface area contributed by atoms with Crippen molar-refractivity contribution >= 4 is 40.7 Å². The highest BCUT2D eigenvalue weighted by Gasteiger charge is 2.23. The van der Waals surface area contributed by atoms with Gasteiger partial charge in [0.25, 0.3) is 5.91 Å². The summed E-state index contributed by atoms with van der Waals surface area (Å²) >= 11 is 7.28. The summed E-state index contributed by atoms with van der Waals surface area (Å²) in [4.78, 5) is 15.5. The smallest absolute Gasteiger partial charge is 0.279 e. The van der Waals surface area contributed by atoms with Crippen LogP contribution in [0.4, 0.5) is 10.1 Å². The predicted molar refractivity (Wildman–Crippen MR) is 106 cm³/mol. The van der Waals surface area contributed by atoms with Crippen LogP contribution in [-0.4, -0.2) is 67.2 Å². The van der Waals surface area contributed by atoms with Crippen molar-refractivity contribution in [1.29, 1.82) is 0 Å². The number of thioether (sulfide) groups is 1. The quantitative estimate of drug-likeness (QED) is 0.474. The SMILES string of the molecule is CSCCCNC(=S)N1CC[NH+](CC(=O)Nc2ccc(F)cc2)CC1. The van der Waals surface area contributed by atoms with E-state index in [4.69, 9.17) is 12.2 Å². The van der Waals surface area contributed by atoms with Gasteiger partial charge in [-0.2, -0.15) is 11.8 Å². The molecule has 0 atom stereocenters. The van der Waals surface area contributed by atoms with Crippen LogP contribution in [0.1, 0.15) is 6.42 Å². The van der Waals surface area contributed by atoms with E-state index in [0.717, 1.165) is 50.0 Å². The van der Waals surface area contributed by atoms with Gasteiger partial charge in [0.2, 0.25) is 0 Å². The van der Waals surface area contributed by atoms with Crippen molar-refractivity contribution in [2.75, 3.05) is 56.6 Å². The van der Waals surface area contributed by atoms with E-state index in [1.807, 2.05) is 11.8 Å². The molecular formula is C17H26FN4OS2+. The summed E-state index contributed by atoms with van der Waals surface area (Å²) in [5.74, 6) is 0.780. The van der Waals surface area contributed by atoms with Crippen molar-refractivity contribution in [2.45, 2.75) is 6.42 Å². The standard InChI is InChI=1S/C17H25FN4OS2/c1-25-12-2-7-19-17(24)22-10-8-21(9-11-22)13-16(23)20-15-5-3-14(18)4-6-15/h3-6H,2,7-13H2,1H3,(H,19,24)(H,20,23)/p+1. The van der Waals surface area contributed by atoms with E-state index in [-0.39, 0.29) is 11.7 Å². The van der Waals surface area contributed by atoms with E-state index in [1.54, 1.807) is 12.1 Å². The molecule has 2 rings (SSSR count). The van der Waals surface area contributed by atoms with Crippen molar-refractivity contribution in [3.63, 3.8) is 0 Å². The Kier molecular flexibility index (Phi) is 8.43. The Morgan fingerprint density at radius 2 is 2.00 bits per heavy atom. The second kappa shape index (κ2) is 10.6. The fourth-order valence-electron chi connectivity index (χ4n) is 2.69. The van der Waals surface area contributed by atoms with Crippen molar-refractivity contribution in [1.82, 2.24) is 10.2 Å². The van der Waals surface area contributed by atoms with Crippen LogP contribution in [0.3, 0.4) is 0 Å². The van der Waals surface area contributed by atoms with Crippen molar-refractivity contribution in [3.8, 4) is 0 Å². The zero-order valence-corrected chi connectivity index (χ0v) is 16.1. The number of benzene rings is 1. The van der Waals surface area contributed by atoms with Gasteiger partial charge in [-0.1, -0.05) is 0 Å². The first-order chi connectivity index (χ1) is 12.1. The second-order valence-corrected chi connectivity index (χ2v) is 7.42. The maximum atomic E-state index is 12.9. The lowest BCUT2D eigenvalue weighted by Gasteiger charge is -2.33. The van der Waals surface area contributed by atoms with Gasteiger partial charge in [-0.05, 0) is 54.9 Å². The van der Waals surface area contributed by atoms with Crippen LogP contribution in [0, 0.1) is 5.82 Å². The Bertz CT molecular complexity index is 562. The molecular weight excluding hydrogens is 359 g/mol. The number of hydrogen-bond acceptors (Lipinski definition) is 3. The van der Waals surface area contributed by atoms with Gasteiger partial charge in [-0.25, -0.2) is 4.39 Å². The Hall–Kier alpha value is -1.38. The molecule has 0 aromatic heterocycles. The van der Waals surface area contributed by atoms with Crippen LogP contribution in [0.15, 0.2) is 24.3 Å². The number of thiocarbonyl (C=S) groups is 1. The molecule has 3 N–H and O–H groups in total. The number of piperazine rings is 1. The molecule has 25 heavy (non-hydrogen) atoms. The molecule has 1 aromatic carbocycles. The number of carbonyl (C=O) groups excluding carboxylic acids is 1. The summed E-state index contributed by atoms with van der Waals surface area (Å²) in [7, 11) is 0. The number of carbonyl (C=O) groups is 1. The molecule has 1 saturated heterocycles. The van der Waals surface area contributed by atoms with Gasteiger partial charge in [0.1, 0.15) is 5.82 Å². The highest BCUT2D eigenvalue weighted by molar-refractivity contribution is 7.98. The Morgan fingerprint density at radius 3 is 2.64 bits per heavy atom. The third-order valence-electron chi connectivity index (χ3n) is 4.10. The van der Waals surface area contributed by atoms with Gasteiger partial charge >= 0.3 is 0 Å². The number of nitrogens with one attached hydrogen (secondary N) is 3. The summed E-state index contributed by atoms with van der Waals surface area (Å²) < 4.78 is 12.9. The lowest BCUT2D eigenvalue weighted by Crippen LogP contribution is -3.15. The third kappa shape index (κ3) is 7.17. The van der Waals surface area contributed by atoms with Crippen LogP contribution in [0.5, 0.6) is 0 Å². The number of anilines is 1. The Morgan fingerprint density at radius 1 is 1.32 bits per heavy atom. The first-order valence-electron chi connectivity index (χ1n) is 8.49. The van der Waals surface area contributed by atoms with Gasteiger partial charge in [-0.15, -0.1) is 0 Å². The third-order valence-corrected chi connectivity index (χ3v) is 5.20. The zero-order chi connectivity index (χ0) is 18.1. The van der Waals surface area contributed by atoms with Gasteiger partial charge in [0, 0.05) is 12.2 Å². The lowest BCUT2D eigenvalue weighted by molar-refractivity contribution is -0.895. The largest absolute Gasteiger partial charge is 0.363 e. The van der Waals surface area contributed by atoms with Crippen LogP contribution >= 0.6 is 24.0 Å². The van der Waals surface area contributed by atoms with Crippen LogP contribution in [0.2, 0.25) is 0 Å². The number of quaternary nitrogens is 1. The molecule has 1 aromatic rings. The summed E-state index contributed by atoms with van der Waals surface area (Å²) in [5, 5.41) is 6.93. The molecule has 0 radical (unpaired) electrons. The van der Waals surface area contributed by atoms with Crippen LogP contribution < -0.4 is 15.5 Å². The van der Waals surface area contributed by atoms with Gasteiger partial charge in [-0.3, -0.25) is 4.79 Å². The maximum absolute atomic E-state index is 12.9. The maximum Gasteiger partial charge on any atom is 0.279 e. The predicted octanol–water partition coefficient (Wildman–Crippen LogP) is 0.592. The Labute approximate surface area is 158 Å². The molecule has 1 amide bonds. The summed E-state index contributed by atoms with van der Waals surface area (Å²) in [6.45, 7) is 4.79. The molecule has 0 bridgehead atoms. The normalized spacial score (nSPS) is 15.0. The lowest BCUT2D eigenvalue weighted by atomic mass is 10.3. The first-order valence-corrected chi connectivity index (χ1v) is 10.3. The number of amides is 1. The minimum Gasteiger partial charge on any atom is -0.363 e. The van der Waals surface area contributed by atoms with Crippen LogP contribution in [-0.2, 0) is 4.79 Å². The summed E-state index contributed by atoms with van der Waals surface area (Å²) in [6, 6.07) is 5.83. The van der Waals surface area contributed by atoms with Gasteiger partial charge in [0.15, 0.2) is 11.7 Å². The minimum atomic E-state index is -0.308. The zero-order valence-electron chi connectivity index (χ0n) is 14.5. The summed E-state index contributed by atoms with van der Waals surface area (Å²) in [6.07, 6.45) is 3.21. The number of halogens is 1. The van der Waals surface area contributed by atoms with E-state index in [9.17, 15) is 9.18 Å². The van der Waals surface area contributed by atoms with Crippen LogP contribution in [0.25, 0.3) is 0 Å². The van der Waals surface area contributed by atoms with E-state index in [1.165, 1.54) is 17.0 Å². The van der Waals surface area contributed by atoms with E-state index >= 15 is 0 Å². The highest BCUT2D eigenvalue weighted by Crippen LogP contribution is 2.07. The van der Waals surface area contributed by atoms with E-state index < -0.39 is 0 Å². The van der Waals surface area contributed by atoms with Crippen molar-refractivity contribution in [2.24, 2.45) is 0 Å². The minimum absolute atomic E-state index is 0.0483. The molecule has 138 valence electrons. The molecule has 1 fully saturated rings. The van der Waals surface area contributed by atoms with Gasteiger partial charge in [0.05, 0.1) is 26.2 Å². The average molecular weight is 386 g/mol. The summed E-state index contributed by atoms with van der Waals surface area (Å²) in [5.41, 5.74) is 0.625. The van der Waals surface area contributed by atoms with Crippen molar-refractivity contribution < 1.29 is 14.1 Å². The van der Waals surface area contributed by atoms with E-state index in [0.29, 0.717) is 12.2 Å². The monoisotopic (exact) mass is 385 g/mol. The molecule has 8 heteroatoms. The molecule has 5 nitrogen and oxygen atoms in total. The fourth-order valence-corrected chi connectivity index (χ4v) is 3.41. The highest BCUT2D eigenvalue weighted by atomic mass is 32.2. The molecule has 1 aliphatic heterocycles. The molecule has 0 spiro atoms. The first kappa shape index (κ1) is 19.9. The number of nitrogens with zero attached hydrogens (tertiary/aromatic N) is 1. The van der Waals surface area contributed by atoms with E-state index in [2.05, 4.69) is 21.8 Å². The molecule has 0 aliphatic carbocycles. The number of hydrogen-bond donors (Lipinski definition) is 3. The van der Waals surface area contributed by atoms with Crippen molar-refractivity contribution in [3.05, 3.63) is 30.1 Å². The molecule has 0 saturated carbocycles. The molecule has 1 heterocycles. The fraction of sp³-hybridized carbons (Fsp3) is 0.529. The molecule has 0 unspecified atom stereocenters. The topological polar surface area (TPSA) is 48.8 Å².